The van der Waals surface area contributed by atoms with Crippen molar-refractivity contribution in [3.8, 4) is 5.75 Å². The van der Waals surface area contributed by atoms with E-state index in [1.807, 2.05) is 0 Å². The zero-order valence-electron chi connectivity index (χ0n) is 14.3. The maximum Gasteiger partial charge on any atom is 0.278 e. The lowest BCUT2D eigenvalue weighted by Gasteiger charge is -2.20. The van der Waals surface area contributed by atoms with Crippen molar-refractivity contribution < 1.29 is 18.3 Å². The summed E-state index contributed by atoms with van der Waals surface area (Å²) in [7, 11) is -3.51. The molecule has 0 unspecified atom stereocenters. The molecule has 0 aliphatic heterocycles. The number of anilines is 1. The molecule has 0 saturated heterocycles. The highest BCUT2D eigenvalue weighted by Gasteiger charge is 2.20. The molecule has 8 heteroatoms. The van der Waals surface area contributed by atoms with Gasteiger partial charge in [0.05, 0.1) is 5.75 Å². The summed E-state index contributed by atoms with van der Waals surface area (Å²) in [5.74, 6) is -1.01. The van der Waals surface area contributed by atoms with Crippen LogP contribution in [-0.2, 0) is 15.8 Å². The third kappa shape index (κ3) is 5.84. The van der Waals surface area contributed by atoms with Gasteiger partial charge < -0.3 is 10.4 Å². The Kier molecular flexibility index (Phi) is 5.44. The zero-order chi connectivity index (χ0) is 18.7. The highest BCUT2D eigenvalue weighted by Crippen LogP contribution is 2.18. The van der Waals surface area contributed by atoms with E-state index in [-0.39, 0.29) is 17.2 Å². The van der Waals surface area contributed by atoms with E-state index in [4.69, 9.17) is 0 Å². The quantitative estimate of drug-likeness (QED) is 0.755. The van der Waals surface area contributed by atoms with Crippen LogP contribution >= 0.6 is 0 Å². The lowest BCUT2D eigenvalue weighted by Crippen LogP contribution is -2.41. The average Bonchev–Trinajstić information content (AvgIpc) is 2.44. The molecule has 0 spiro atoms. The molecule has 1 amide bonds. The minimum Gasteiger partial charge on any atom is -0.505 e. The molecular weight excluding hydrogens is 342 g/mol. The minimum absolute atomic E-state index is 0.102. The third-order valence-corrected chi connectivity index (χ3v) is 4.64. The number of hydrogen-bond acceptors (Lipinski definition) is 5. The Labute approximate surface area is 147 Å². The maximum atomic E-state index is 12.2. The number of aromatic hydroxyl groups is 1. The molecule has 0 saturated carbocycles. The number of rotatable bonds is 5. The normalized spacial score (nSPS) is 12.0. The number of hydrogen-bond donors (Lipinski definition) is 3. The van der Waals surface area contributed by atoms with Crippen LogP contribution in [0.2, 0.25) is 0 Å². The van der Waals surface area contributed by atoms with Crippen molar-refractivity contribution in [1.29, 1.82) is 0 Å². The summed E-state index contributed by atoms with van der Waals surface area (Å²) in [6, 6.07) is 9.39. The van der Waals surface area contributed by atoms with Crippen molar-refractivity contribution in [3.05, 3.63) is 53.9 Å². The fraction of sp³-hybridized carbons (Fsp3) is 0.294. The Bertz CT molecular complexity index is 873. The molecule has 1 heterocycles. The molecule has 0 aliphatic carbocycles. The highest BCUT2D eigenvalue weighted by atomic mass is 32.2. The smallest absolute Gasteiger partial charge is 0.278 e. The second-order valence-corrected chi connectivity index (χ2v) is 8.36. The standard InChI is InChI=1S/C17H21N3O4S/c1-17(2,3)20-25(23,24)11-12-6-4-7-13(10-12)19-16(22)15-14(21)8-5-9-18-15/h4-10,20-21H,11H2,1-3H3,(H,19,22). The number of amides is 1. The predicted octanol–water partition coefficient (Wildman–Crippen LogP) is 2.26. The Balaban J connectivity index is 2.14. The number of nitrogens with zero attached hydrogens (tertiary/aromatic N) is 1. The highest BCUT2D eigenvalue weighted by molar-refractivity contribution is 7.88. The molecule has 0 aliphatic rings. The van der Waals surface area contributed by atoms with E-state index < -0.39 is 21.5 Å². The zero-order valence-corrected chi connectivity index (χ0v) is 15.1. The van der Waals surface area contributed by atoms with Crippen LogP contribution in [0.4, 0.5) is 5.69 Å². The summed E-state index contributed by atoms with van der Waals surface area (Å²) in [6.07, 6.45) is 1.40. The molecule has 134 valence electrons. The van der Waals surface area contributed by atoms with Gasteiger partial charge >= 0.3 is 0 Å². The largest absolute Gasteiger partial charge is 0.505 e. The molecule has 2 aromatic rings. The molecule has 0 atom stereocenters. The average molecular weight is 363 g/mol. The van der Waals surface area contributed by atoms with E-state index in [2.05, 4.69) is 15.0 Å². The number of nitrogens with one attached hydrogen (secondary N) is 2. The van der Waals surface area contributed by atoms with Gasteiger partial charge in [0, 0.05) is 17.4 Å². The lowest BCUT2D eigenvalue weighted by molar-refractivity contribution is 0.101. The van der Waals surface area contributed by atoms with Gasteiger partial charge in [-0.25, -0.2) is 18.1 Å². The SMILES string of the molecule is CC(C)(C)NS(=O)(=O)Cc1cccc(NC(=O)c2ncccc2O)c1. The molecule has 1 aromatic heterocycles. The summed E-state index contributed by atoms with van der Waals surface area (Å²) in [6.45, 7) is 5.29. The van der Waals surface area contributed by atoms with Gasteiger partial charge in [0.1, 0.15) is 5.75 Å². The van der Waals surface area contributed by atoms with E-state index in [0.717, 1.165) is 0 Å². The molecule has 0 bridgehead atoms. The van der Waals surface area contributed by atoms with Crippen LogP contribution in [0.25, 0.3) is 0 Å². The molecular formula is C17H21N3O4S. The summed E-state index contributed by atoms with van der Waals surface area (Å²) in [5, 5.41) is 12.3. The van der Waals surface area contributed by atoms with Crippen LogP contribution in [0.15, 0.2) is 42.6 Å². The van der Waals surface area contributed by atoms with Gasteiger partial charge in [-0.2, -0.15) is 0 Å². The Morgan fingerprint density at radius 2 is 1.92 bits per heavy atom. The summed E-state index contributed by atoms with van der Waals surface area (Å²) in [5.41, 5.74) is 0.273. The van der Waals surface area contributed by atoms with Gasteiger partial charge in [-0.3, -0.25) is 4.79 Å². The van der Waals surface area contributed by atoms with Crippen LogP contribution in [-0.4, -0.2) is 30.0 Å². The van der Waals surface area contributed by atoms with E-state index >= 15 is 0 Å². The molecule has 2 rings (SSSR count). The van der Waals surface area contributed by atoms with Gasteiger partial charge in [-0.05, 0) is 50.6 Å². The molecule has 7 nitrogen and oxygen atoms in total. The first kappa shape index (κ1) is 18.9. The summed E-state index contributed by atoms with van der Waals surface area (Å²) >= 11 is 0. The Morgan fingerprint density at radius 3 is 2.56 bits per heavy atom. The van der Waals surface area contributed by atoms with Crippen LogP contribution < -0.4 is 10.0 Å². The fourth-order valence-electron chi connectivity index (χ4n) is 2.22. The predicted molar refractivity (Wildman–Crippen MR) is 95.8 cm³/mol. The van der Waals surface area contributed by atoms with Crippen LogP contribution in [0.3, 0.4) is 0 Å². The van der Waals surface area contributed by atoms with E-state index in [0.29, 0.717) is 11.3 Å². The maximum absolute atomic E-state index is 12.2. The van der Waals surface area contributed by atoms with E-state index in [1.54, 1.807) is 45.0 Å². The van der Waals surface area contributed by atoms with Gasteiger partial charge in [-0.1, -0.05) is 12.1 Å². The van der Waals surface area contributed by atoms with Gasteiger partial charge in [0.25, 0.3) is 5.91 Å². The molecule has 0 fully saturated rings. The number of pyridine rings is 1. The van der Waals surface area contributed by atoms with Gasteiger partial charge in [0.15, 0.2) is 5.69 Å². The number of carbonyl (C=O) groups is 1. The van der Waals surface area contributed by atoms with Crippen molar-refractivity contribution in [2.24, 2.45) is 0 Å². The van der Waals surface area contributed by atoms with E-state index in [1.165, 1.54) is 18.3 Å². The molecule has 1 aromatic carbocycles. The Hall–Kier alpha value is -2.45. The van der Waals surface area contributed by atoms with Gasteiger partial charge in [0.2, 0.25) is 10.0 Å². The Morgan fingerprint density at radius 1 is 1.20 bits per heavy atom. The van der Waals surface area contributed by atoms with Crippen molar-refractivity contribution in [3.63, 3.8) is 0 Å². The summed E-state index contributed by atoms with van der Waals surface area (Å²) < 4.78 is 26.9. The topological polar surface area (TPSA) is 108 Å². The third-order valence-electron chi connectivity index (χ3n) is 3.00. The first-order valence-corrected chi connectivity index (χ1v) is 9.27. The summed E-state index contributed by atoms with van der Waals surface area (Å²) in [4.78, 5) is 16.0. The molecule has 25 heavy (non-hydrogen) atoms. The second kappa shape index (κ2) is 7.20. The molecule has 3 N–H and O–H groups in total. The number of carbonyl (C=O) groups excluding carboxylic acids is 1. The molecule has 0 radical (unpaired) electrons. The second-order valence-electron chi connectivity index (χ2n) is 6.64. The lowest BCUT2D eigenvalue weighted by atomic mass is 10.1. The minimum atomic E-state index is -3.51. The first-order valence-electron chi connectivity index (χ1n) is 7.62. The van der Waals surface area contributed by atoms with Crippen molar-refractivity contribution in [2.75, 3.05) is 5.32 Å². The first-order chi connectivity index (χ1) is 11.6. The van der Waals surface area contributed by atoms with Crippen molar-refractivity contribution in [2.45, 2.75) is 32.1 Å². The van der Waals surface area contributed by atoms with E-state index in [9.17, 15) is 18.3 Å². The van der Waals surface area contributed by atoms with Gasteiger partial charge in [-0.15, -0.1) is 0 Å². The van der Waals surface area contributed by atoms with Crippen LogP contribution in [0, 0.1) is 0 Å². The fourth-order valence-corrected chi connectivity index (χ4v) is 3.85. The van der Waals surface area contributed by atoms with Crippen LogP contribution in [0.1, 0.15) is 36.8 Å². The van der Waals surface area contributed by atoms with Crippen molar-refractivity contribution >= 4 is 21.6 Å². The number of aromatic nitrogens is 1. The van der Waals surface area contributed by atoms with Crippen LogP contribution in [0.5, 0.6) is 5.75 Å². The van der Waals surface area contributed by atoms with Crippen molar-refractivity contribution in [1.82, 2.24) is 9.71 Å². The monoisotopic (exact) mass is 363 g/mol. The number of sulfonamides is 1. The number of benzene rings is 1.